The number of carbonyl (C=O) groups is 1. The van der Waals surface area contributed by atoms with Crippen LogP contribution in [-0.4, -0.2) is 31.2 Å². The van der Waals surface area contributed by atoms with Crippen molar-refractivity contribution in [3.63, 3.8) is 0 Å². The molecule has 9 heteroatoms. The summed E-state index contributed by atoms with van der Waals surface area (Å²) < 4.78 is 48.5. The van der Waals surface area contributed by atoms with Crippen LogP contribution in [0.5, 0.6) is 5.75 Å². The Morgan fingerprint density at radius 3 is 2.48 bits per heavy atom. The van der Waals surface area contributed by atoms with E-state index in [2.05, 4.69) is 4.72 Å². The largest absolute Gasteiger partial charge is 0.497 e. The summed E-state index contributed by atoms with van der Waals surface area (Å²) >= 11 is 0. The van der Waals surface area contributed by atoms with Crippen molar-refractivity contribution in [1.82, 2.24) is 4.57 Å². The number of ether oxygens (including phenoxy) is 1. The van der Waals surface area contributed by atoms with Crippen LogP contribution in [0, 0.1) is 12.7 Å². The lowest BCUT2D eigenvalue weighted by atomic mass is 10.2. The number of nitrogens with one attached hydrogen (secondary N) is 1. The van der Waals surface area contributed by atoms with Gasteiger partial charge in [0.2, 0.25) is 0 Å². The third-order valence-corrected chi connectivity index (χ3v) is 5.69. The van der Waals surface area contributed by atoms with Crippen molar-refractivity contribution >= 4 is 32.6 Å². The van der Waals surface area contributed by atoms with Crippen molar-refractivity contribution in [3.8, 4) is 5.75 Å². The van der Waals surface area contributed by atoms with E-state index in [1.165, 1.54) is 36.8 Å². The van der Waals surface area contributed by atoms with E-state index >= 15 is 0 Å². The first-order chi connectivity index (χ1) is 12.7. The lowest BCUT2D eigenvalue weighted by Gasteiger charge is -2.10. The molecule has 3 aromatic rings. The summed E-state index contributed by atoms with van der Waals surface area (Å²) in [6, 6.07) is 9.87. The average Bonchev–Trinajstić information content (AvgIpc) is 2.86. The molecule has 7 nitrogen and oxygen atoms in total. The molecule has 0 saturated heterocycles. The maximum atomic E-state index is 13.8. The topological polar surface area (TPSA) is 97.6 Å². The number of rotatable bonds is 6. The number of methoxy groups -OCH3 is 1. The van der Waals surface area contributed by atoms with E-state index < -0.39 is 28.4 Å². The number of nitrogens with zero attached hydrogens (tertiary/aromatic N) is 1. The first-order valence-electron chi connectivity index (χ1n) is 7.90. The van der Waals surface area contributed by atoms with Gasteiger partial charge < -0.3 is 14.4 Å². The van der Waals surface area contributed by atoms with Gasteiger partial charge in [0.1, 0.15) is 23.0 Å². The van der Waals surface area contributed by atoms with Gasteiger partial charge >= 0.3 is 5.97 Å². The summed E-state index contributed by atoms with van der Waals surface area (Å²) in [6.45, 7) is 1.05. The van der Waals surface area contributed by atoms with Crippen molar-refractivity contribution in [2.75, 3.05) is 11.8 Å². The number of carboxylic acid groups (broad SMARTS) is 1. The highest BCUT2D eigenvalue weighted by Gasteiger charge is 2.26. The molecule has 0 atom stereocenters. The highest BCUT2D eigenvalue weighted by Crippen LogP contribution is 2.32. The Kier molecular flexibility index (Phi) is 4.79. The van der Waals surface area contributed by atoms with Crippen LogP contribution in [0.2, 0.25) is 0 Å². The van der Waals surface area contributed by atoms with Gasteiger partial charge in [0, 0.05) is 16.8 Å². The van der Waals surface area contributed by atoms with Gasteiger partial charge in [-0.05, 0) is 49.4 Å². The van der Waals surface area contributed by atoms with E-state index in [0.717, 1.165) is 12.1 Å². The molecule has 0 fully saturated rings. The highest BCUT2D eigenvalue weighted by molar-refractivity contribution is 7.93. The van der Waals surface area contributed by atoms with Crippen molar-refractivity contribution in [2.45, 2.75) is 18.4 Å². The lowest BCUT2D eigenvalue weighted by Crippen LogP contribution is -2.15. The second kappa shape index (κ2) is 6.92. The molecule has 0 unspecified atom stereocenters. The summed E-state index contributed by atoms with van der Waals surface area (Å²) in [5.74, 6) is -1.18. The molecule has 1 heterocycles. The molecule has 0 spiro atoms. The number of hydrogen-bond donors (Lipinski definition) is 2. The molecule has 2 N–H and O–H groups in total. The maximum absolute atomic E-state index is 13.8. The maximum Gasteiger partial charge on any atom is 0.323 e. The molecule has 0 bridgehead atoms. The van der Waals surface area contributed by atoms with Crippen LogP contribution in [0.4, 0.5) is 10.1 Å². The summed E-state index contributed by atoms with van der Waals surface area (Å²) in [6.07, 6.45) is 0. The number of aromatic nitrogens is 1. The Morgan fingerprint density at radius 1 is 1.22 bits per heavy atom. The molecule has 0 aliphatic carbocycles. The second-order valence-electron chi connectivity index (χ2n) is 5.89. The quantitative estimate of drug-likeness (QED) is 0.672. The Hall–Kier alpha value is -3.07. The van der Waals surface area contributed by atoms with Crippen LogP contribution in [0.1, 0.15) is 5.69 Å². The Bertz CT molecular complexity index is 1120. The molecule has 27 heavy (non-hydrogen) atoms. The zero-order valence-corrected chi connectivity index (χ0v) is 15.4. The summed E-state index contributed by atoms with van der Waals surface area (Å²) in [5, 5.41) is 9.25. The molecule has 0 amide bonds. The van der Waals surface area contributed by atoms with Crippen molar-refractivity contribution in [2.24, 2.45) is 0 Å². The summed E-state index contributed by atoms with van der Waals surface area (Å²) in [7, 11) is -2.60. The molecule has 1 aromatic heterocycles. The molecule has 142 valence electrons. The van der Waals surface area contributed by atoms with Crippen LogP contribution in [0.15, 0.2) is 47.4 Å². The van der Waals surface area contributed by atoms with E-state index in [1.54, 1.807) is 12.1 Å². The van der Waals surface area contributed by atoms with Crippen LogP contribution in [0.25, 0.3) is 10.9 Å². The third-order valence-electron chi connectivity index (χ3n) is 4.13. The summed E-state index contributed by atoms with van der Waals surface area (Å²) in [5.41, 5.74) is 0.830. The van der Waals surface area contributed by atoms with Gasteiger partial charge in [0.15, 0.2) is 0 Å². The van der Waals surface area contributed by atoms with Gasteiger partial charge in [-0.2, -0.15) is 0 Å². The lowest BCUT2D eigenvalue weighted by molar-refractivity contribution is -0.137. The fourth-order valence-corrected chi connectivity index (χ4v) is 4.47. The minimum Gasteiger partial charge on any atom is -0.497 e. The molecule has 2 aromatic carbocycles. The first-order valence-corrected chi connectivity index (χ1v) is 9.38. The molecule has 0 aliphatic rings. The van der Waals surface area contributed by atoms with Gasteiger partial charge in [0.25, 0.3) is 10.0 Å². The second-order valence-corrected chi connectivity index (χ2v) is 7.51. The predicted molar refractivity (Wildman–Crippen MR) is 98.1 cm³/mol. The minimum atomic E-state index is -4.09. The SMILES string of the molecule is COc1ccc(NS(=O)(=O)c2c(C)n(CC(=O)O)c3ccc(F)cc23)cc1. The van der Waals surface area contributed by atoms with Crippen molar-refractivity contribution < 1.29 is 27.4 Å². The van der Waals surface area contributed by atoms with E-state index in [9.17, 15) is 17.6 Å². The Labute approximate surface area is 155 Å². The Balaban J connectivity index is 2.14. The van der Waals surface area contributed by atoms with Gasteiger partial charge in [-0.15, -0.1) is 0 Å². The fourth-order valence-electron chi connectivity index (χ4n) is 2.97. The monoisotopic (exact) mass is 392 g/mol. The smallest absolute Gasteiger partial charge is 0.323 e. The zero-order valence-electron chi connectivity index (χ0n) is 14.6. The molecule has 0 radical (unpaired) electrons. The number of halogens is 1. The van der Waals surface area contributed by atoms with Gasteiger partial charge in [-0.3, -0.25) is 9.52 Å². The Morgan fingerprint density at radius 2 is 1.89 bits per heavy atom. The van der Waals surface area contributed by atoms with Crippen molar-refractivity contribution in [1.29, 1.82) is 0 Å². The molecular weight excluding hydrogens is 375 g/mol. The van der Waals surface area contributed by atoms with Crippen LogP contribution in [-0.2, 0) is 21.4 Å². The van der Waals surface area contributed by atoms with Crippen LogP contribution in [0.3, 0.4) is 0 Å². The number of aliphatic carboxylic acids is 1. The summed E-state index contributed by atoms with van der Waals surface area (Å²) in [4.78, 5) is 11.0. The number of hydrogen-bond acceptors (Lipinski definition) is 4. The molecule has 3 rings (SSSR count). The van der Waals surface area contributed by atoms with Gasteiger partial charge in [-0.25, -0.2) is 12.8 Å². The first kappa shape index (κ1) is 18.7. The number of carboxylic acids is 1. The van der Waals surface area contributed by atoms with Gasteiger partial charge in [-0.1, -0.05) is 0 Å². The normalized spacial score (nSPS) is 11.5. The van der Waals surface area contributed by atoms with Crippen LogP contribution < -0.4 is 9.46 Å². The van der Waals surface area contributed by atoms with E-state index in [1.807, 2.05) is 0 Å². The highest BCUT2D eigenvalue weighted by atomic mass is 32.2. The minimum absolute atomic E-state index is 0.120. The van der Waals surface area contributed by atoms with Gasteiger partial charge in [0.05, 0.1) is 12.6 Å². The van der Waals surface area contributed by atoms with E-state index in [4.69, 9.17) is 9.84 Å². The number of benzene rings is 2. The fraction of sp³-hybridized carbons (Fsp3) is 0.167. The number of sulfonamides is 1. The van der Waals surface area contributed by atoms with E-state index in [0.29, 0.717) is 17.0 Å². The molecular formula is C18H17FN2O5S. The number of fused-ring (bicyclic) bond motifs is 1. The predicted octanol–water partition coefficient (Wildman–Crippen LogP) is 2.98. The molecule has 0 aliphatic heterocycles. The number of anilines is 1. The zero-order chi connectivity index (χ0) is 19.8. The molecule has 0 saturated carbocycles. The van der Waals surface area contributed by atoms with Crippen LogP contribution >= 0.6 is 0 Å². The standard InChI is InChI=1S/C18H17FN2O5S/c1-11-18(27(24,25)20-13-4-6-14(26-2)7-5-13)15-9-12(19)3-8-16(15)21(11)10-17(22)23/h3-9,20H,10H2,1-2H3,(H,22,23). The van der Waals surface area contributed by atoms with E-state index in [-0.39, 0.29) is 16.0 Å². The van der Waals surface area contributed by atoms with Crippen molar-refractivity contribution in [3.05, 3.63) is 54.0 Å². The average molecular weight is 392 g/mol. The third kappa shape index (κ3) is 3.59.